The fraction of sp³-hybridized carbons (Fsp3) is 0.513. The lowest BCUT2D eigenvalue weighted by Crippen LogP contribution is -2.61. The van der Waals surface area contributed by atoms with Crippen LogP contribution in [-0.4, -0.2) is 46.2 Å². The summed E-state index contributed by atoms with van der Waals surface area (Å²) in [5.41, 5.74) is 12.0. The predicted molar refractivity (Wildman–Crippen MR) is 182 cm³/mol. The number of aliphatic hydroxyl groups excluding tert-OH is 1. The Morgan fingerprint density at radius 2 is 1.63 bits per heavy atom. The van der Waals surface area contributed by atoms with Gasteiger partial charge in [-0.15, -0.1) is 0 Å². The maximum Gasteiger partial charge on any atom is 0.237 e. The second-order valence-electron chi connectivity index (χ2n) is 14.5. The molecule has 6 rings (SSSR count). The lowest BCUT2D eigenvalue weighted by Gasteiger charge is -2.50. The maximum absolute atomic E-state index is 13.7. The van der Waals surface area contributed by atoms with Crippen molar-refractivity contribution in [2.45, 2.75) is 115 Å². The Morgan fingerprint density at radius 1 is 0.913 bits per heavy atom. The van der Waals surface area contributed by atoms with Gasteiger partial charge in [0.2, 0.25) is 5.91 Å². The average Bonchev–Trinajstić information content (AvgIpc) is 3.07. The number of nitrogens with one attached hydrogen (secondary N) is 1. The SMILES string of the molecule is CC(C)(C)NC(=O)[C@H]1CC[C@H]2CCCC[C@H]2N1C[C@H]1C[C@@H](c2ccc(CO)cc2)O[C@@H](c2ccc(-c3ccccc3CN)cc2)O1. The van der Waals surface area contributed by atoms with Crippen molar-refractivity contribution in [2.75, 3.05) is 6.54 Å². The van der Waals surface area contributed by atoms with Crippen molar-refractivity contribution >= 4 is 5.91 Å². The third-order valence-corrected chi connectivity index (χ3v) is 10.1. The number of nitrogens with two attached hydrogens (primary N) is 1. The molecule has 3 aromatic carbocycles. The van der Waals surface area contributed by atoms with Crippen molar-refractivity contribution in [3.8, 4) is 11.1 Å². The number of carbonyl (C=O) groups excluding carboxylic acids is 1. The van der Waals surface area contributed by atoms with Crippen LogP contribution in [-0.2, 0) is 27.4 Å². The molecule has 1 aliphatic carbocycles. The summed E-state index contributed by atoms with van der Waals surface area (Å²) in [4.78, 5) is 16.2. The number of likely N-dealkylation sites (tertiary alicyclic amines) is 1. The number of hydrogen-bond acceptors (Lipinski definition) is 6. The lowest BCUT2D eigenvalue weighted by molar-refractivity contribution is -0.255. The van der Waals surface area contributed by atoms with Crippen LogP contribution in [0.4, 0.5) is 0 Å². The highest BCUT2D eigenvalue weighted by atomic mass is 16.7. The van der Waals surface area contributed by atoms with E-state index in [9.17, 15) is 9.90 Å². The molecule has 4 N–H and O–H groups in total. The van der Waals surface area contributed by atoms with Crippen molar-refractivity contribution in [3.63, 3.8) is 0 Å². The van der Waals surface area contributed by atoms with Crippen molar-refractivity contribution in [1.29, 1.82) is 0 Å². The largest absolute Gasteiger partial charge is 0.392 e. The third kappa shape index (κ3) is 7.56. The van der Waals surface area contributed by atoms with Gasteiger partial charge < -0.3 is 25.6 Å². The van der Waals surface area contributed by atoms with Gasteiger partial charge in [0.25, 0.3) is 0 Å². The maximum atomic E-state index is 13.7. The second-order valence-corrected chi connectivity index (χ2v) is 14.5. The van der Waals surface area contributed by atoms with E-state index in [0.29, 0.717) is 31.5 Å². The smallest absolute Gasteiger partial charge is 0.237 e. The van der Waals surface area contributed by atoms with Gasteiger partial charge in [0.15, 0.2) is 6.29 Å². The second kappa shape index (κ2) is 14.4. The summed E-state index contributed by atoms with van der Waals surface area (Å²) in [6, 6.07) is 24.9. The molecule has 0 aromatic heterocycles. The molecular formula is C39H51N3O4. The van der Waals surface area contributed by atoms with Crippen LogP contribution >= 0.6 is 0 Å². The summed E-state index contributed by atoms with van der Waals surface area (Å²) >= 11 is 0. The highest BCUT2D eigenvalue weighted by molar-refractivity contribution is 5.82. The van der Waals surface area contributed by atoms with Crippen molar-refractivity contribution in [3.05, 3.63) is 95.1 Å². The van der Waals surface area contributed by atoms with Crippen molar-refractivity contribution in [1.82, 2.24) is 10.2 Å². The zero-order valence-corrected chi connectivity index (χ0v) is 27.7. The van der Waals surface area contributed by atoms with E-state index in [0.717, 1.165) is 52.6 Å². The summed E-state index contributed by atoms with van der Waals surface area (Å²) in [7, 11) is 0. The Hall–Kier alpha value is -3.07. The van der Waals surface area contributed by atoms with Crippen LogP contribution in [0.1, 0.15) is 100 Å². The molecule has 6 atom stereocenters. The summed E-state index contributed by atoms with van der Waals surface area (Å²) in [6.07, 6.45) is 6.70. The summed E-state index contributed by atoms with van der Waals surface area (Å²) in [5, 5.41) is 12.9. The average molecular weight is 626 g/mol. The molecule has 7 nitrogen and oxygen atoms in total. The Bertz CT molecular complexity index is 1450. The number of benzene rings is 3. The Labute approximate surface area is 274 Å². The molecule has 0 unspecified atom stereocenters. The van der Waals surface area contributed by atoms with E-state index >= 15 is 0 Å². The minimum absolute atomic E-state index is 0.00926. The van der Waals surface area contributed by atoms with Gasteiger partial charge in [0.1, 0.15) is 0 Å². The zero-order valence-electron chi connectivity index (χ0n) is 27.7. The van der Waals surface area contributed by atoms with Gasteiger partial charge in [0, 0.05) is 36.7 Å². The normalized spacial score (nSPS) is 27.2. The first kappa shape index (κ1) is 32.9. The molecule has 2 heterocycles. The number of rotatable bonds is 8. The quantitative estimate of drug-likeness (QED) is 0.255. The monoisotopic (exact) mass is 625 g/mol. The minimum atomic E-state index is -0.547. The Kier molecular flexibility index (Phi) is 10.3. The topological polar surface area (TPSA) is 97.1 Å². The van der Waals surface area contributed by atoms with Gasteiger partial charge in [-0.1, -0.05) is 85.6 Å². The Balaban J connectivity index is 1.28. The predicted octanol–water partition coefficient (Wildman–Crippen LogP) is 6.79. The number of amides is 1. The van der Waals surface area contributed by atoms with Gasteiger partial charge in [-0.3, -0.25) is 9.69 Å². The number of nitrogens with zero attached hydrogens (tertiary/aromatic N) is 1. The van der Waals surface area contributed by atoms with Crippen molar-refractivity contribution < 1.29 is 19.4 Å². The fourth-order valence-electron chi connectivity index (χ4n) is 7.80. The molecular weight excluding hydrogens is 574 g/mol. The molecule has 0 spiro atoms. The van der Waals surface area contributed by atoms with Crippen LogP contribution in [0.2, 0.25) is 0 Å². The number of fused-ring (bicyclic) bond motifs is 1. The molecule has 3 fully saturated rings. The Morgan fingerprint density at radius 3 is 2.35 bits per heavy atom. The first-order valence-electron chi connectivity index (χ1n) is 17.2. The summed E-state index contributed by atoms with van der Waals surface area (Å²) in [5.74, 6) is 0.762. The van der Waals surface area contributed by atoms with Crippen LogP contribution in [0.15, 0.2) is 72.8 Å². The molecule has 3 aliphatic rings. The van der Waals surface area contributed by atoms with Crippen molar-refractivity contribution in [2.24, 2.45) is 11.7 Å². The molecule has 1 amide bonds. The number of ether oxygens (including phenoxy) is 2. The third-order valence-electron chi connectivity index (χ3n) is 10.1. The van der Waals surface area contributed by atoms with E-state index in [2.05, 4.69) is 79.5 Å². The van der Waals surface area contributed by atoms with Gasteiger partial charge in [-0.05, 0) is 80.2 Å². The number of piperidine rings is 1. The van der Waals surface area contributed by atoms with E-state index in [1.807, 2.05) is 24.3 Å². The van der Waals surface area contributed by atoms with E-state index < -0.39 is 6.29 Å². The molecule has 7 heteroatoms. The van der Waals surface area contributed by atoms with Gasteiger partial charge in [0.05, 0.1) is 24.9 Å². The molecule has 246 valence electrons. The fourth-order valence-corrected chi connectivity index (χ4v) is 7.80. The lowest BCUT2D eigenvalue weighted by atomic mass is 9.75. The van der Waals surface area contributed by atoms with Crippen LogP contribution in [0.25, 0.3) is 11.1 Å². The molecule has 0 radical (unpaired) electrons. The molecule has 1 saturated carbocycles. The van der Waals surface area contributed by atoms with E-state index in [1.165, 1.54) is 19.3 Å². The molecule has 46 heavy (non-hydrogen) atoms. The number of hydrogen-bond donors (Lipinski definition) is 3. The van der Waals surface area contributed by atoms with Gasteiger partial charge >= 0.3 is 0 Å². The van der Waals surface area contributed by atoms with Crippen LogP contribution in [0.5, 0.6) is 0 Å². The molecule has 0 bridgehead atoms. The molecule has 2 aliphatic heterocycles. The standard InChI is InChI=1S/C39H51N3O4/c1-39(2,3)41-37(44)35-21-20-28-8-5-7-11-34(28)42(35)24-32-22-36(29-14-12-26(25-43)13-15-29)46-38(45-32)30-18-16-27(17-19-30)33-10-6-4-9-31(33)23-40/h4,6,9-10,12-19,28,32,34-36,38,43H,5,7-8,11,20-25,40H2,1-3H3,(H,41,44)/t28-,32-,34-,35-,36+,38+/m1/s1. The van der Waals surface area contributed by atoms with Crippen LogP contribution in [0.3, 0.4) is 0 Å². The van der Waals surface area contributed by atoms with Gasteiger partial charge in [-0.25, -0.2) is 0 Å². The highest BCUT2D eigenvalue weighted by Gasteiger charge is 2.44. The molecule has 2 saturated heterocycles. The van der Waals surface area contributed by atoms with E-state index in [1.54, 1.807) is 0 Å². The van der Waals surface area contributed by atoms with Crippen LogP contribution < -0.4 is 11.1 Å². The zero-order chi connectivity index (χ0) is 32.3. The van der Waals surface area contributed by atoms with E-state index in [-0.39, 0.29) is 36.3 Å². The molecule has 3 aromatic rings. The van der Waals surface area contributed by atoms with E-state index in [4.69, 9.17) is 15.2 Å². The number of aliphatic hydroxyl groups is 1. The van der Waals surface area contributed by atoms with Gasteiger partial charge in [-0.2, -0.15) is 0 Å². The minimum Gasteiger partial charge on any atom is -0.392 e. The summed E-state index contributed by atoms with van der Waals surface area (Å²) < 4.78 is 13.5. The van der Waals surface area contributed by atoms with Crippen LogP contribution in [0, 0.1) is 5.92 Å². The first-order chi connectivity index (χ1) is 22.2. The highest BCUT2D eigenvalue weighted by Crippen LogP contribution is 2.42. The summed E-state index contributed by atoms with van der Waals surface area (Å²) in [6.45, 7) is 7.35. The first-order valence-corrected chi connectivity index (χ1v) is 17.2. The number of carbonyl (C=O) groups is 1.